The number of benzene rings is 2. The summed E-state index contributed by atoms with van der Waals surface area (Å²) in [6.07, 6.45) is 0. The molecule has 0 spiro atoms. The van der Waals surface area contributed by atoms with Gasteiger partial charge in [0, 0.05) is 9.50 Å². The molecular formula is C15H12BrClFNO. The van der Waals surface area contributed by atoms with E-state index < -0.39 is 11.7 Å². The Hall–Kier alpha value is -1.39. The van der Waals surface area contributed by atoms with E-state index in [4.69, 9.17) is 11.6 Å². The smallest absolute Gasteiger partial charge is 0.255 e. The molecule has 1 atom stereocenters. The van der Waals surface area contributed by atoms with Gasteiger partial charge in [0.15, 0.2) is 0 Å². The Morgan fingerprint density at radius 3 is 2.65 bits per heavy atom. The minimum Gasteiger partial charge on any atom is -0.345 e. The Kier molecular flexibility index (Phi) is 4.78. The van der Waals surface area contributed by atoms with Crippen molar-refractivity contribution in [3.63, 3.8) is 0 Å². The highest BCUT2D eigenvalue weighted by atomic mass is 79.9. The predicted molar refractivity (Wildman–Crippen MR) is 81.4 cm³/mol. The molecule has 0 aromatic heterocycles. The standard InChI is InChI=1S/C15H12BrClFNO/c1-9(10-4-2-5-11(17)8-10)19-15(20)14-12(16)6-3-7-13(14)18/h2-9H,1H3,(H,19,20). The van der Waals surface area contributed by atoms with Crippen LogP contribution in [0.5, 0.6) is 0 Å². The lowest BCUT2D eigenvalue weighted by atomic mass is 10.1. The minimum atomic E-state index is -0.560. The van der Waals surface area contributed by atoms with Gasteiger partial charge < -0.3 is 5.32 Å². The molecule has 104 valence electrons. The second-order valence-corrected chi connectivity index (χ2v) is 5.64. The number of nitrogens with one attached hydrogen (secondary N) is 1. The molecule has 2 aromatic carbocycles. The van der Waals surface area contributed by atoms with E-state index in [-0.39, 0.29) is 11.6 Å². The quantitative estimate of drug-likeness (QED) is 0.846. The molecule has 0 fully saturated rings. The molecule has 0 aliphatic heterocycles. The molecule has 0 bridgehead atoms. The summed E-state index contributed by atoms with van der Waals surface area (Å²) in [4.78, 5) is 12.1. The van der Waals surface area contributed by atoms with Gasteiger partial charge in [-0.3, -0.25) is 4.79 Å². The second kappa shape index (κ2) is 6.37. The zero-order valence-electron chi connectivity index (χ0n) is 10.7. The summed E-state index contributed by atoms with van der Waals surface area (Å²) in [6, 6.07) is 11.3. The molecule has 0 radical (unpaired) electrons. The van der Waals surface area contributed by atoms with E-state index in [0.717, 1.165) is 5.56 Å². The molecule has 0 saturated carbocycles. The van der Waals surface area contributed by atoms with Crippen molar-refractivity contribution in [2.75, 3.05) is 0 Å². The first-order chi connectivity index (χ1) is 9.49. The Balaban J connectivity index is 2.20. The van der Waals surface area contributed by atoms with E-state index in [9.17, 15) is 9.18 Å². The fourth-order valence-corrected chi connectivity index (χ4v) is 2.56. The van der Waals surface area contributed by atoms with E-state index in [1.165, 1.54) is 12.1 Å². The van der Waals surface area contributed by atoms with Gasteiger partial charge in [-0.15, -0.1) is 0 Å². The van der Waals surface area contributed by atoms with Crippen LogP contribution < -0.4 is 5.32 Å². The van der Waals surface area contributed by atoms with Crippen molar-refractivity contribution in [1.29, 1.82) is 0 Å². The van der Waals surface area contributed by atoms with Crippen molar-refractivity contribution < 1.29 is 9.18 Å². The first-order valence-corrected chi connectivity index (χ1v) is 7.16. The zero-order chi connectivity index (χ0) is 14.7. The third kappa shape index (κ3) is 3.38. The predicted octanol–water partition coefficient (Wildman–Crippen LogP) is 4.73. The Morgan fingerprint density at radius 1 is 1.30 bits per heavy atom. The van der Waals surface area contributed by atoms with Gasteiger partial charge in [-0.2, -0.15) is 0 Å². The van der Waals surface area contributed by atoms with Crippen LogP contribution in [0.15, 0.2) is 46.9 Å². The molecule has 1 N–H and O–H groups in total. The molecule has 2 rings (SSSR count). The van der Waals surface area contributed by atoms with Gasteiger partial charge in [0.2, 0.25) is 0 Å². The van der Waals surface area contributed by atoms with E-state index in [1.807, 2.05) is 13.0 Å². The van der Waals surface area contributed by atoms with Gasteiger partial charge in [-0.1, -0.05) is 29.8 Å². The molecule has 5 heteroatoms. The van der Waals surface area contributed by atoms with Crippen LogP contribution in [0.2, 0.25) is 5.02 Å². The van der Waals surface area contributed by atoms with E-state index in [0.29, 0.717) is 9.50 Å². The fraction of sp³-hybridized carbons (Fsp3) is 0.133. The van der Waals surface area contributed by atoms with Gasteiger partial charge in [0.05, 0.1) is 11.6 Å². The van der Waals surface area contributed by atoms with E-state index in [1.54, 1.807) is 24.3 Å². The number of carbonyl (C=O) groups is 1. The third-order valence-corrected chi connectivity index (χ3v) is 3.78. The summed E-state index contributed by atoms with van der Waals surface area (Å²) in [7, 11) is 0. The lowest BCUT2D eigenvalue weighted by Gasteiger charge is -2.15. The SMILES string of the molecule is CC(NC(=O)c1c(F)cccc1Br)c1cccc(Cl)c1. The van der Waals surface area contributed by atoms with Crippen LogP contribution in [-0.4, -0.2) is 5.91 Å². The van der Waals surface area contributed by atoms with Crippen LogP contribution in [0, 0.1) is 5.82 Å². The van der Waals surface area contributed by atoms with Gasteiger partial charge in [0.25, 0.3) is 5.91 Å². The Labute approximate surface area is 130 Å². The first-order valence-electron chi connectivity index (χ1n) is 5.99. The number of amides is 1. The maximum atomic E-state index is 13.7. The van der Waals surface area contributed by atoms with Crippen LogP contribution in [0.3, 0.4) is 0 Å². The topological polar surface area (TPSA) is 29.1 Å². The van der Waals surface area contributed by atoms with Crippen LogP contribution >= 0.6 is 27.5 Å². The average molecular weight is 357 g/mol. The van der Waals surface area contributed by atoms with Gasteiger partial charge in [-0.05, 0) is 52.7 Å². The first kappa shape index (κ1) is 15.0. The Morgan fingerprint density at radius 2 is 2.00 bits per heavy atom. The minimum absolute atomic E-state index is 0.00128. The molecule has 2 nitrogen and oxygen atoms in total. The largest absolute Gasteiger partial charge is 0.345 e. The van der Waals surface area contributed by atoms with Crippen LogP contribution in [0.25, 0.3) is 0 Å². The molecule has 1 amide bonds. The number of carbonyl (C=O) groups excluding carboxylic acids is 1. The summed E-state index contributed by atoms with van der Waals surface area (Å²) in [5, 5.41) is 3.35. The number of hydrogen-bond donors (Lipinski definition) is 1. The molecule has 0 heterocycles. The lowest BCUT2D eigenvalue weighted by molar-refractivity contribution is 0.0935. The van der Waals surface area contributed by atoms with Crippen LogP contribution in [0.4, 0.5) is 4.39 Å². The fourth-order valence-electron chi connectivity index (χ4n) is 1.84. The Bertz CT molecular complexity index is 627. The highest BCUT2D eigenvalue weighted by Crippen LogP contribution is 2.22. The molecule has 0 saturated heterocycles. The van der Waals surface area contributed by atoms with E-state index in [2.05, 4.69) is 21.2 Å². The molecule has 2 aromatic rings. The molecular weight excluding hydrogens is 345 g/mol. The summed E-state index contributed by atoms with van der Waals surface area (Å²) in [5.41, 5.74) is 0.861. The van der Waals surface area contributed by atoms with Crippen molar-refractivity contribution in [3.05, 3.63) is 68.9 Å². The van der Waals surface area contributed by atoms with Crippen molar-refractivity contribution >= 4 is 33.4 Å². The normalized spacial score (nSPS) is 12.0. The maximum Gasteiger partial charge on any atom is 0.255 e. The van der Waals surface area contributed by atoms with Crippen molar-refractivity contribution in [2.45, 2.75) is 13.0 Å². The summed E-state index contributed by atoms with van der Waals surface area (Å²) in [6.45, 7) is 1.82. The van der Waals surface area contributed by atoms with Crippen molar-refractivity contribution in [1.82, 2.24) is 5.32 Å². The van der Waals surface area contributed by atoms with Gasteiger partial charge in [-0.25, -0.2) is 4.39 Å². The maximum absolute atomic E-state index is 13.7. The zero-order valence-corrected chi connectivity index (χ0v) is 13.0. The van der Waals surface area contributed by atoms with Crippen LogP contribution in [-0.2, 0) is 0 Å². The lowest BCUT2D eigenvalue weighted by Crippen LogP contribution is -2.27. The van der Waals surface area contributed by atoms with Gasteiger partial charge in [0.1, 0.15) is 5.82 Å². The van der Waals surface area contributed by atoms with Gasteiger partial charge >= 0.3 is 0 Å². The van der Waals surface area contributed by atoms with Crippen molar-refractivity contribution in [3.8, 4) is 0 Å². The molecule has 1 unspecified atom stereocenters. The number of halogens is 3. The highest BCUT2D eigenvalue weighted by Gasteiger charge is 2.17. The summed E-state index contributed by atoms with van der Waals surface area (Å²) < 4.78 is 14.1. The number of hydrogen-bond acceptors (Lipinski definition) is 1. The number of rotatable bonds is 3. The monoisotopic (exact) mass is 355 g/mol. The second-order valence-electron chi connectivity index (χ2n) is 4.35. The average Bonchev–Trinajstić information content (AvgIpc) is 2.38. The third-order valence-electron chi connectivity index (χ3n) is 2.89. The molecule has 0 aliphatic rings. The molecule has 0 aliphatic carbocycles. The summed E-state index contributed by atoms with van der Waals surface area (Å²) in [5.74, 6) is -1.03. The van der Waals surface area contributed by atoms with Crippen molar-refractivity contribution in [2.24, 2.45) is 0 Å². The summed E-state index contributed by atoms with van der Waals surface area (Å²) >= 11 is 9.10. The van der Waals surface area contributed by atoms with E-state index >= 15 is 0 Å². The van der Waals surface area contributed by atoms with Crippen LogP contribution in [0.1, 0.15) is 28.9 Å². The highest BCUT2D eigenvalue weighted by molar-refractivity contribution is 9.10. The molecule has 20 heavy (non-hydrogen) atoms.